The first-order valence-electron chi connectivity index (χ1n) is 11.3. The highest BCUT2D eigenvalue weighted by Gasteiger charge is 2.17. The molecule has 0 aromatic heterocycles. The summed E-state index contributed by atoms with van der Waals surface area (Å²) in [6.07, 6.45) is 6.57. The molecule has 5 nitrogen and oxygen atoms in total. The fourth-order valence-corrected chi connectivity index (χ4v) is 3.35. The van der Waals surface area contributed by atoms with Crippen molar-refractivity contribution in [1.29, 1.82) is 0 Å². The molecule has 35 heavy (non-hydrogen) atoms. The Morgan fingerprint density at radius 1 is 0.943 bits per heavy atom. The van der Waals surface area contributed by atoms with Crippen LogP contribution in [0.5, 0.6) is 0 Å². The molecule has 0 radical (unpaired) electrons. The van der Waals surface area contributed by atoms with Crippen molar-refractivity contribution in [2.75, 3.05) is 12.0 Å². The van der Waals surface area contributed by atoms with E-state index in [1.54, 1.807) is 35.3 Å². The van der Waals surface area contributed by atoms with E-state index in [2.05, 4.69) is 10.1 Å². The number of nitrogens with zero attached hydrogens (tertiary/aromatic N) is 1. The van der Waals surface area contributed by atoms with Gasteiger partial charge in [0.2, 0.25) is 0 Å². The highest BCUT2D eigenvalue weighted by Crippen LogP contribution is 2.21. The lowest BCUT2D eigenvalue weighted by molar-refractivity contribution is -0.134. The zero-order valence-corrected chi connectivity index (χ0v) is 20.1. The number of hydrogen-bond donors (Lipinski definition) is 1. The third-order valence-corrected chi connectivity index (χ3v) is 5.13. The van der Waals surface area contributed by atoms with Gasteiger partial charge in [-0.2, -0.15) is 0 Å². The van der Waals surface area contributed by atoms with Crippen LogP contribution in [0.2, 0.25) is 0 Å². The summed E-state index contributed by atoms with van der Waals surface area (Å²) in [6.45, 7) is 4.16. The highest BCUT2D eigenvalue weighted by molar-refractivity contribution is 5.93. The van der Waals surface area contributed by atoms with Gasteiger partial charge in [0.1, 0.15) is 5.82 Å². The summed E-state index contributed by atoms with van der Waals surface area (Å²) in [5.41, 5.74) is 3.84. The minimum atomic E-state index is -0.450. The number of methoxy groups -OCH3 is 1. The molecule has 0 unspecified atom stereocenters. The Morgan fingerprint density at radius 3 is 2.37 bits per heavy atom. The van der Waals surface area contributed by atoms with Gasteiger partial charge in [-0.1, -0.05) is 66.7 Å². The summed E-state index contributed by atoms with van der Waals surface area (Å²) in [5, 5.41) is 2.94. The summed E-state index contributed by atoms with van der Waals surface area (Å²) >= 11 is 0. The fraction of sp³-hybridized carbons (Fsp3) is 0.172. The van der Waals surface area contributed by atoms with Gasteiger partial charge >= 0.3 is 12.0 Å². The maximum atomic E-state index is 13.8. The number of nitrogens with one attached hydrogen (secondary N) is 1. The molecule has 3 aromatic rings. The maximum absolute atomic E-state index is 13.8. The number of hydrogen-bond acceptors (Lipinski definition) is 3. The monoisotopic (exact) mass is 472 g/mol. The van der Waals surface area contributed by atoms with Crippen LogP contribution in [-0.4, -0.2) is 25.2 Å². The molecule has 180 valence electrons. The SMILES string of the molecule is COC(=O)/C=C/c1cccc(N(Cc2ccc(/C=C/c3ccccc3F)cc2)C(=O)NC(C)C)c1. The van der Waals surface area contributed by atoms with Crippen LogP contribution in [0.3, 0.4) is 0 Å². The number of halogens is 1. The zero-order valence-electron chi connectivity index (χ0n) is 20.1. The van der Waals surface area contributed by atoms with Crippen LogP contribution in [-0.2, 0) is 16.1 Å². The maximum Gasteiger partial charge on any atom is 0.330 e. The van der Waals surface area contributed by atoms with Crippen LogP contribution >= 0.6 is 0 Å². The predicted octanol–water partition coefficient (Wildman–Crippen LogP) is 6.31. The average molecular weight is 473 g/mol. The van der Waals surface area contributed by atoms with E-state index < -0.39 is 5.97 Å². The first-order valence-corrected chi connectivity index (χ1v) is 11.3. The summed E-state index contributed by atoms with van der Waals surface area (Å²) in [4.78, 5) is 26.1. The van der Waals surface area contributed by atoms with Crippen LogP contribution in [0.15, 0.2) is 78.9 Å². The zero-order chi connectivity index (χ0) is 25.2. The molecule has 0 atom stereocenters. The molecule has 0 aliphatic carbocycles. The van der Waals surface area contributed by atoms with Crippen molar-refractivity contribution in [3.05, 3.63) is 107 Å². The van der Waals surface area contributed by atoms with E-state index in [-0.39, 0.29) is 17.9 Å². The quantitative estimate of drug-likeness (QED) is 0.238. The smallest absolute Gasteiger partial charge is 0.330 e. The standard InChI is InChI=1S/C29H29FN2O3/c1-21(2)31-29(34)32(26-9-6-7-23(19-26)16-18-28(33)35-3)20-24-13-11-22(12-14-24)15-17-25-8-4-5-10-27(25)30/h4-19,21H,20H2,1-3H3,(H,31,34)/b17-15+,18-16+. The number of carbonyl (C=O) groups is 2. The number of benzene rings is 3. The van der Waals surface area contributed by atoms with Crippen LogP contribution in [0.25, 0.3) is 18.2 Å². The van der Waals surface area contributed by atoms with Crippen molar-refractivity contribution >= 4 is 35.9 Å². The Labute approximate surface area is 205 Å². The third kappa shape index (κ3) is 7.67. The molecule has 6 heteroatoms. The number of anilines is 1. The molecule has 0 heterocycles. The third-order valence-electron chi connectivity index (χ3n) is 5.13. The van der Waals surface area contributed by atoms with E-state index in [1.165, 1.54) is 19.3 Å². The lowest BCUT2D eigenvalue weighted by Crippen LogP contribution is -2.42. The van der Waals surface area contributed by atoms with E-state index in [4.69, 9.17) is 0 Å². The van der Waals surface area contributed by atoms with Gasteiger partial charge in [-0.05, 0) is 54.8 Å². The van der Waals surface area contributed by atoms with E-state index >= 15 is 0 Å². The molecule has 3 rings (SSSR count). The number of urea groups is 1. The Balaban J connectivity index is 1.81. The van der Waals surface area contributed by atoms with Crippen LogP contribution in [0.4, 0.5) is 14.9 Å². The lowest BCUT2D eigenvalue weighted by atomic mass is 10.1. The second-order valence-corrected chi connectivity index (χ2v) is 8.24. The van der Waals surface area contributed by atoms with Crippen molar-refractivity contribution < 1.29 is 18.7 Å². The highest BCUT2D eigenvalue weighted by atomic mass is 19.1. The molecular formula is C29H29FN2O3. The molecule has 0 bridgehead atoms. The second kappa shape index (κ2) is 12.3. The van der Waals surface area contributed by atoms with E-state index in [0.717, 1.165) is 16.7 Å². The summed E-state index contributed by atoms with van der Waals surface area (Å²) in [7, 11) is 1.32. The average Bonchev–Trinajstić information content (AvgIpc) is 2.85. The topological polar surface area (TPSA) is 58.6 Å². The summed E-state index contributed by atoms with van der Waals surface area (Å²) < 4.78 is 18.5. The Bertz CT molecular complexity index is 1220. The van der Waals surface area contributed by atoms with E-state index in [1.807, 2.05) is 68.5 Å². The minimum Gasteiger partial charge on any atom is -0.466 e. The van der Waals surface area contributed by atoms with Crippen molar-refractivity contribution in [3.8, 4) is 0 Å². The van der Waals surface area contributed by atoms with Gasteiger partial charge in [0.05, 0.1) is 13.7 Å². The lowest BCUT2D eigenvalue weighted by Gasteiger charge is -2.25. The van der Waals surface area contributed by atoms with Crippen LogP contribution in [0.1, 0.15) is 36.1 Å². The number of rotatable bonds is 8. The normalized spacial score (nSPS) is 11.2. The van der Waals surface area contributed by atoms with Crippen LogP contribution in [0, 0.1) is 5.82 Å². The number of esters is 1. The molecule has 0 aliphatic rings. The minimum absolute atomic E-state index is 0.0294. The Morgan fingerprint density at radius 2 is 1.69 bits per heavy atom. The van der Waals surface area contributed by atoms with Gasteiger partial charge < -0.3 is 10.1 Å². The van der Waals surface area contributed by atoms with E-state index in [0.29, 0.717) is 17.8 Å². The van der Waals surface area contributed by atoms with Crippen molar-refractivity contribution in [2.45, 2.75) is 26.4 Å². The molecule has 1 N–H and O–H groups in total. The number of ether oxygens (including phenoxy) is 1. The number of amides is 2. The van der Waals surface area contributed by atoms with E-state index in [9.17, 15) is 14.0 Å². The first-order chi connectivity index (χ1) is 16.9. The molecule has 0 saturated heterocycles. The first kappa shape index (κ1) is 25.4. The second-order valence-electron chi connectivity index (χ2n) is 8.24. The Kier molecular flexibility index (Phi) is 8.95. The van der Waals surface area contributed by atoms with Crippen molar-refractivity contribution in [1.82, 2.24) is 5.32 Å². The van der Waals surface area contributed by atoms with Gasteiger partial charge in [-0.3, -0.25) is 4.90 Å². The molecule has 0 saturated carbocycles. The van der Waals surface area contributed by atoms with Gasteiger partial charge in [0.15, 0.2) is 0 Å². The molecule has 2 amide bonds. The van der Waals surface area contributed by atoms with Gasteiger partial charge in [0.25, 0.3) is 0 Å². The predicted molar refractivity (Wildman–Crippen MR) is 139 cm³/mol. The largest absolute Gasteiger partial charge is 0.466 e. The molecule has 3 aromatic carbocycles. The summed E-state index contributed by atoms with van der Waals surface area (Å²) in [5.74, 6) is -0.718. The molecule has 0 fully saturated rings. The van der Waals surface area contributed by atoms with Crippen molar-refractivity contribution in [3.63, 3.8) is 0 Å². The Hall–Kier alpha value is -4.19. The van der Waals surface area contributed by atoms with Gasteiger partial charge in [-0.25, -0.2) is 14.0 Å². The molecule has 0 spiro atoms. The summed E-state index contributed by atoms with van der Waals surface area (Å²) in [6, 6.07) is 21.5. The molecular weight excluding hydrogens is 443 g/mol. The van der Waals surface area contributed by atoms with Crippen LogP contribution < -0.4 is 10.2 Å². The fourth-order valence-electron chi connectivity index (χ4n) is 3.35. The van der Waals surface area contributed by atoms with Gasteiger partial charge in [0, 0.05) is 23.4 Å². The molecule has 0 aliphatic heterocycles. The van der Waals surface area contributed by atoms with Crippen molar-refractivity contribution in [2.24, 2.45) is 0 Å². The van der Waals surface area contributed by atoms with Gasteiger partial charge in [-0.15, -0.1) is 0 Å². The number of carbonyl (C=O) groups excluding carboxylic acids is 2.